The van der Waals surface area contributed by atoms with Crippen LogP contribution >= 0.6 is 0 Å². The van der Waals surface area contributed by atoms with Gasteiger partial charge in [-0.3, -0.25) is 24.5 Å². The highest BCUT2D eigenvalue weighted by Gasteiger charge is 2.35. The number of carbonyl (C=O) groups is 3. The van der Waals surface area contributed by atoms with E-state index in [4.69, 9.17) is 9.47 Å². The Kier molecular flexibility index (Phi) is 6.65. The molecule has 0 aliphatic carbocycles. The van der Waals surface area contributed by atoms with Crippen molar-refractivity contribution in [3.63, 3.8) is 0 Å². The zero-order chi connectivity index (χ0) is 24.2. The van der Waals surface area contributed by atoms with Gasteiger partial charge in [-0.25, -0.2) is 0 Å². The molecule has 0 unspecified atom stereocenters. The Morgan fingerprint density at radius 3 is 2.52 bits per heavy atom. The first-order valence-corrected chi connectivity index (χ1v) is 9.03. The van der Waals surface area contributed by atoms with Gasteiger partial charge in [0.1, 0.15) is 6.54 Å². The van der Waals surface area contributed by atoms with E-state index in [2.05, 4.69) is 10.1 Å². The number of non-ortho nitro benzene ring substituents is 1. The monoisotopic (exact) mass is 469 g/mol. The molecule has 14 heteroatoms. The lowest BCUT2D eigenvalue weighted by Gasteiger charge is -2.13. The molecular formula is C19H14F3N3O8. The fourth-order valence-corrected chi connectivity index (χ4v) is 2.66. The molecule has 0 spiro atoms. The minimum Gasteiger partial charge on any atom is -0.454 e. The van der Waals surface area contributed by atoms with Crippen LogP contribution in [0.4, 0.5) is 24.5 Å². The molecule has 0 atom stereocenters. The molecule has 2 aromatic carbocycles. The molecular weight excluding hydrogens is 455 g/mol. The van der Waals surface area contributed by atoms with Gasteiger partial charge in [0, 0.05) is 17.7 Å². The fraction of sp³-hybridized carbons (Fsp3) is 0.211. The Balaban J connectivity index is 1.51. The van der Waals surface area contributed by atoms with Crippen LogP contribution in [0.1, 0.15) is 15.9 Å². The van der Waals surface area contributed by atoms with Crippen LogP contribution in [-0.2, 0) is 20.5 Å². The average molecular weight is 469 g/mol. The number of hydrogen-bond donors (Lipinski definition) is 2. The predicted molar refractivity (Wildman–Crippen MR) is 103 cm³/mol. The number of nitrogens with one attached hydrogen (secondary N) is 2. The highest BCUT2D eigenvalue weighted by molar-refractivity contribution is 5.97. The van der Waals surface area contributed by atoms with Crippen LogP contribution in [0.25, 0.3) is 0 Å². The van der Waals surface area contributed by atoms with Crippen molar-refractivity contribution in [2.45, 2.75) is 6.18 Å². The number of anilines is 1. The lowest BCUT2D eigenvalue weighted by atomic mass is 10.1. The summed E-state index contributed by atoms with van der Waals surface area (Å²) in [5.41, 5.74) is -2.83. The average Bonchev–Trinajstić information content (AvgIpc) is 3.23. The lowest BCUT2D eigenvalue weighted by Crippen LogP contribution is -2.32. The molecule has 174 valence electrons. The van der Waals surface area contributed by atoms with Gasteiger partial charge in [0.25, 0.3) is 17.5 Å². The standard InChI is InChI=1S/C19H14F3N3O8/c20-19(21,22)12-6-11(25(29)30)2-3-13(12)24-16(26)8-31-17(27)7-23-18(28)10-1-4-14-15(5-10)33-9-32-14/h1-6H,7-9H2,(H,23,28)(H,24,26). The van der Waals surface area contributed by atoms with Crippen molar-refractivity contribution >= 4 is 29.2 Å². The van der Waals surface area contributed by atoms with E-state index in [1.54, 1.807) is 0 Å². The molecule has 2 N–H and O–H groups in total. The summed E-state index contributed by atoms with van der Waals surface area (Å²) >= 11 is 0. The minimum atomic E-state index is -4.98. The van der Waals surface area contributed by atoms with Gasteiger partial charge in [-0.2, -0.15) is 13.2 Å². The van der Waals surface area contributed by atoms with Crippen LogP contribution in [0.5, 0.6) is 11.5 Å². The first-order valence-electron chi connectivity index (χ1n) is 9.03. The van der Waals surface area contributed by atoms with Crippen molar-refractivity contribution in [1.29, 1.82) is 0 Å². The molecule has 3 rings (SSSR count). The Hall–Kier alpha value is -4.36. The number of esters is 1. The van der Waals surface area contributed by atoms with E-state index in [1.165, 1.54) is 18.2 Å². The number of carbonyl (C=O) groups excluding carboxylic acids is 3. The van der Waals surface area contributed by atoms with E-state index in [9.17, 15) is 37.7 Å². The van der Waals surface area contributed by atoms with Crippen molar-refractivity contribution in [1.82, 2.24) is 5.32 Å². The number of fused-ring (bicyclic) bond motifs is 1. The van der Waals surface area contributed by atoms with E-state index in [0.717, 1.165) is 6.07 Å². The maximum Gasteiger partial charge on any atom is 0.418 e. The van der Waals surface area contributed by atoms with Crippen LogP contribution < -0.4 is 20.1 Å². The van der Waals surface area contributed by atoms with Gasteiger partial charge in [-0.1, -0.05) is 0 Å². The lowest BCUT2D eigenvalue weighted by molar-refractivity contribution is -0.385. The molecule has 1 aliphatic heterocycles. The zero-order valence-corrected chi connectivity index (χ0v) is 16.4. The van der Waals surface area contributed by atoms with Crippen molar-refractivity contribution < 1.29 is 46.7 Å². The molecule has 2 amide bonds. The van der Waals surface area contributed by atoms with E-state index < -0.39 is 59.0 Å². The molecule has 33 heavy (non-hydrogen) atoms. The number of amides is 2. The van der Waals surface area contributed by atoms with Gasteiger partial charge in [0.05, 0.1) is 16.2 Å². The number of halogens is 3. The van der Waals surface area contributed by atoms with Gasteiger partial charge < -0.3 is 24.8 Å². The highest BCUT2D eigenvalue weighted by Crippen LogP contribution is 2.37. The smallest absolute Gasteiger partial charge is 0.418 e. The van der Waals surface area contributed by atoms with Gasteiger partial charge in [-0.05, 0) is 24.3 Å². The predicted octanol–water partition coefficient (Wildman–Crippen LogP) is 2.25. The van der Waals surface area contributed by atoms with Crippen LogP contribution in [0, 0.1) is 10.1 Å². The van der Waals surface area contributed by atoms with Crippen LogP contribution in [0.15, 0.2) is 36.4 Å². The number of nitro groups is 1. The van der Waals surface area contributed by atoms with Crippen LogP contribution in [-0.4, -0.2) is 42.7 Å². The van der Waals surface area contributed by atoms with E-state index in [0.29, 0.717) is 17.6 Å². The second-order valence-corrected chi connectivity index (χ2v) is 6.44. The van der Waals surface area contributed by atoms with Crippen molar-refractivity contribution in [2.75, 3.05) is 25.3 Å². The fourth-order valence-electron chi connectivity index (χ4n) is 2.66. The third-order valence-electron chi connectivity index (χ3n) is 4.19. The minimum absolute atomic E-state index is 0.0130. The topological polar surface area (TPSA) is 146 Å². The first-order chi connectivity index (χ1) is 15.5. The summed E-state index contributed by atoms with van der Waals surface area (Å²) in [5.74, 6) is -1.98. The summed E-state index contributed by atoms with van der Waals surface area (Å²) in [4.78, 5) is 45.4. The van der Waals surface area contributed by atoms with E-state index in [1.807, 2.05) is 5.32 Å². The van der Waals surface area contributed by atoms with Crippen molar-refractivity contribution in [3.8, 4) is 11.5 Å². The number of benzene rings is 2. The molecule has 0 saturated carbocycles. The second-order valence-electron chi connectivity index (χ2n) is 6.44. The third kappa shape index (κ3) is 5.87. The van der Waals surface area contributed by atoms with Crippen molar-refractivity contribution in [2.24, 2.45) is 0 Å². The van der Waals surface area contributed by atoms with Crippen LogP contribution in [0.2, 0.25) is 0 Å². The molecule has 0 saturated heterocycles. The zero-order valence-electron chi connectivity index (χ0n) is 16.4. The quantitative estimate of drug-likeness (QED) is 0.357. The number of ether oxygens (including phenoxy) is 3. The Morgan fingerprint density at radius 2 is 1.82 bits per heavy atom. The highest BCUT2D eigenvalue weighted by atomic mass is 19.4. The summed E-state index contributed by atoms with van der Waals surface area (Å²) < 4.78 is 54.3. The molecule has 2 aromatic rings. The molecule has 1 aliphatic rings. The maximum absolute atomic E-state index is 13.1. The normalized spacial score (nSPS) is 12.1. The molecule has 0 bridgehead atoms. The van der Waals surface area contributed by atoms with E-state index >= 15 is 0 Å². The largest absolute Gasteiger partial charge is 0.454 e. The summed E-state index contributed by atoms with van der Waals surface area (Å²) in [6, 6.07) is 6.11. The molecule has 0 fully saturated rings. The van der Waals surface area contributed by atoms with Gasteiger partial charge in [0.15, 0.2) is 18.1 Å². The van der Waals surface area contributed by atoms with Crippen LogP contribution in [0.3, 0.4) is 0 Å². The third-order valence-corrected chi connectivity index (χ3v) is 4.19. The molecule has 0 radical (unpaired) electrons. The number of rotatable bonds is 7. The number of hydrogen-bond acceptors (Lipinski definition) is 8. The number of alkyl halides is 3. The summed E-state index contributed by atoms with van der Waals surface area (Å²) in [6.45, 7) is -1.56. The molecule has 11 nitrogen and oxygen atoms in total. The summed E-state index contributed by atoms with van der Waals surface area (Å²) in [6.07, 6.45) is -4.98. The molecule has 1 heterocycles. The second kappa shape index (κ2) is 9.42. The van der Waals surface area contributed by atoms with Crippen molar-refractivity contribution in [3.05, 3.63) is 57.6 Å². The summed E-state index contributed by atoms with van der Waals surface area (Å²) in [5, 5.41) is 14.8. The van der Waals surface area contributed by atoms with Gasteiger partial charge >= 0.3 is 12.1 Å². The first kappa shape index (κ1) is 23.3. The maximum atomic E-state index is 13.1. The van der Waals surface area contributed by atoms with Gasteiger partial charge in [0.2, 0.25) is 6.79 Å². The summed E-state index contributed by atoms with van der Waals surface area (Å²) in [7, 11) is 0. The number of nitro benzene ring substituents is 1. The Morgan fingerprint density at radius 1 is 1.09 bits per heavy atom. The Bertz CT molecular complexity index is 1120. The van der Waals surface area contributed by atoms with Gasteiger partial charge in [-0.15, -0.1) is 0 Å². The number of nitrogens with zero attached hydrogens (tertiary/aromatic N) is 1. The Labute approximate surface area is 182 Å². The molecule has 0 aromatic heterocycles. The SMILES string of the molecule is O=C(COC(=O)CNC(=O)c1ccc2c(c1)OCO2)Nc1ccc([N+](=O)[O-])cc1C(F)(F)F. The van der Waals surface area contributed by atoms with E-state index in [-0.39, 0.29) is 18.4 Å².